The van der Waals surface area contributed by atoms with Crippen molar-refractivity contribution < 1.29 is 4.74 Å². The molecule has 0 fully saturated rings. The molecule has 2 aromatic rings. The van der Waals surface area contributed by atoms with E-state index in [2.05, 4.69) is 18.8 Å². The number of aromatic nitrogens is 1. The highest BCUT2D eigenvalue weighted by molar-refractivity contribution is 7.11. The van der Waals surface area contributed by atoms with E-state index in [-0.39, 0.29) is 6.04 Å². The van der Waals surface area contributed by atoms with Gasteiger partial charge in [-0.2, -0.15) is 0 Å². The van der Waals surface area contributed by atoms with Crippen LogP contribution in [0.2, 0.25) is 5.02 Å². The van der Waals surface area contributed by atoms with Crippen LogP contribution in [0.15, 0.2) is 18.2 Å². The van der Waals surface area contributed by atoms with Crippen molar-refractivity contribution in [2.24, 2.45) is 5.73 Å². The average Bonchev–Trinajstić information content (AvgIpc) is 2.79. The number of methoxy groups -OCH3 is 1. The lowest BCUT2D eigenvalue weighted by Gasteiger charge is -2.11. The van der Waals surface area contributed by atoms with Gasteiger partial charge in [-0.3, -0.25) is 0 Å². The summed E-state index contributed by atoms with van der Waals surface area (Å²) in [5.41, 5.74) is 8.33. The molecule has 0 aliphatic rings. The molecule has 1 unspecified atom stereocenters. The van der Waals surface area contributed by atoms with E-state index in [0.29, 0.717) is 10.8 Å². The van der Waals surface area contributed by atoms with Gasteiger partial charge in [-0.05, 0) is 31.0 Å². The van der Waals surface area contributed by atoms with Crippen molar-refractivity contribution in [3.05, 3.63) is 44.4 Å². The van der Waals surface area contributed by atoms with Crippen LogP contribution in [0, 0.1) is 6.92 Å². The number of rotatable bonds is 4. The van der Waals surface area contributed by atoms with E-state index >= 15 is 0 Å². The zero-order valence-electron chi connectivity index (χ0n) is 11.2. The summed E-state index contributed by atoms with van der Waals surface area (Å²) in [5, 5.41) is 1.50. The fourth-order valence-corrected chi connectivity index (χ4v) is 3.24. The Hall–Kier alpha value is -1.10. The highest BCUT2D eigenvalue weighted by atomic mass is 35.5. The van der Waals surface area contributed by atoms with Crippen LogP contribution in [0.1, 0.15) is 34.1 Å². The topological polar surface area (TPSA) is 48.1 Å². The summed E-state index contributed by atoms with van der Waals surface area (Å²) in [5.74, 6) is 0.655. The van der Waals surface area contributed by atoms with E-state index in [0.717, 1.165) is 22.7 Å². The minimum atomic E-state index is -0.243. The van der Waals surface area contributed by atoms with Gasteiger partial charge in [0.15, 0.2) is 0 Å². The summed E-state index contributed by atoms with van der Waals surface area (Å²) in [4.78, 5) is 5.83. The zero-order chi connectivity index (χ0) is 14.0. The van der Waals surface area contributed by atoms with Gasteiger partial charge in [0.1, 0.15) is 10.8 Å². The lowest BCUT2D eigenvalue weighted by atomic mass is 10.1. The Bertz CT molecular complexity index is 583. The maximum absolute atomic E-state index is 6.26. The summed E-state index contributed by atoms with van der Waals surface area (Å²) in [7, 11) is 1.60. The predicted molar refractivity (Wildman–Crippen MR) is 80.3 cm³/mol. The van der Waals surface area contributed by atoms with Gasteiger partial charge < -0.3 is 10.5 Å². The summed E-state index contributed by atoms with van der Waals surface area (Å²) in [6, 6.07) is 5.36. The van der Waals surface area contributed by atoms with Gasteiger partial charge >= 0.3 is 0 Å². The number of ether oxygens (including phenoxy) is 1. The zero-order valence-corrected chi connectivity index (χ0v) is 12.8. The monoisotopic (exact) mass is 296 g/mol. The Morgan fingerprint density at radius 3 is 2.74 bits per heavy atom. The van der Waals surface area contributed by atoms with E-state index < -0.39 is 0 Å². The molecule has 0 spiro atoms. The van der Waals surface area contributed by atoms with Crippen LogP contribution in [0.25, 0.3) is 0 Å². The fraction of sp³-hybridized carbons (Fsp3) is 0.357. The van der Waals surface area contributed by atoms with E-state index in [1.807, 2.05) is 18.2 Å². The molecule has 102 valence electrons. The van der Waals surface area contributed by atoms with Crippen molar-refractivity contribution in [3.8, 4) is 5.75 Å². The number of nitrogens with two attached hydrogens (primary N) is 1. The van der Waals surface area contributed by atoms with Crippen LogP contribution in [-0.2, 0) is 6.42 Å². The van der Waals surface area contributed by atoms with E-state index in [1.54, 1.807) is 18.4 Å². The third-order valence-corrected chi connectivity index (χ3v) is 4.44. The molecule has 1 aromatic heterocycles. The van der Waals surface area contributed by atoms with Crippen molar-refractivity contribution in [2.75, 3.05) is 7.11 Å². The maximum atomic E-state index is 6.26. The van der Waals surface area contributed by atoms with Crippen molar-refractivity contribution in [1.82, 2.24) is 4.98 Å². The average molecular weight is 297 g/mol. The smallest absolute Gasteiger partial charge is 0.137 e. The molecule has 3 nitrogen and oxygen atoms in total. The molecule has 19 heavy (non-hydrogen) atoms. The van der Waals surface area contributed by atoms with Gasteiger partial charge in [0.05, 0.1) is 23.9 Å². The van der Waals surface area contributed by atoms with Gasteiger partial charge in [-0.15, -0.1) is 11.3 Å². The number of nitrogens with zero attached hydrogens (tertiary/aromatic N) is 1. The van der Waals surface area contributed by atoms with Crippen molar-refractivity contribution >= 4 is 22.9 Å². The first-order valence-electron chi connectivity index (χ1n) is 6.12. The molecule has 0 saturated carbocycles. The number of hydrogen-bond donors (Lipinski definition) is 1. The molecule has 0 aliphatic carbocycles. The summed E-state index contributed by atoms with van der Waals surface area (Å²) in [6.45, 7) is 4.18. The minimum Gasteiger partial charge on any atom is -0.495 e. The first-order chi connectivity index (χ1) is 9.06. The minimum absolute atomic E-state index is 0.243. The van der Waals surface area contributed by atoms with E-state index in [1.165, 1.54) is 4.88 Å². The normalized spacial score (nSPS) is 12.5. The molecule has 0 radical (unpaired) electrons. The molecular formula is C14H17ClN2OS. The first-order valence-corrected chi connectivity index (χ1v) is 7.31. The second kappa shape index (κ2) is 5.90. The highest BCUT2D eigenvalue weighted by Crippen LogP contribution is 2.31. The molecule has 0 saturated heterocycles. The van der Waals surface area contributed by atoms with Crippen LogP contribution in [0.4, 0.5) is 0 Å². The van der Waals surface area contributed by atoms with E-state index in [9.17, 15) is 0 Å². The molecule has 2 N–H and O–H groups in total. The standard InChI is InChI=1S/C14H17ClN2OS/c1-4-11-8(2)19-14(17-11)13(16)9-5-6-12(18-3)10(15)7-9/h5-7,13H,4,16H2,1-3H3. The fourth-order valence-electron chi connectivity index (χ4n) is 1.93. The number of hydrogen-bond acceptors (Lipinski definition) is 4. The predicted octanol–water partition coefficient (Wildman–Crippen LogP) is 3.72. The van der Waals surface area contributed by atoms with Crippen LogP contribution < -0.4 is 10.5 Å². The summed E-state index contributed by atoms with van der Waals surface area (Å²) < 4.78 is 5.14. The number of halogens is 1. The lowest BCUT2D eigenvalue weighted by molar-refractivity contribution is 0.415. The van der Waals surface area contributed by atoms with Crippen LogP contribution in [0.3, 0.4) is 0 Å². The van der Waals surface area contributed by atoms with Crippen LogP contribution in [0.5, 0.6) is 5.75 Å². The Morgan fingerprint density at radius 2 is 2.21 bits per heavy atom. The quantitative estimate of drug-likeness (QED) is 0.935. The second-order valence-corrected chi connectivity index (χ2v) is 5.92. The van der Waals surface area contributed by atoms with Gasteiger partial charge in [0, 0.05) is 4.88 Å². The van der Waals surface area contributed by atoms with Gasteiger partial charge in [-0.1, -0.05) is 24.6 Å². The Labute approximate surface area is 122 Å². The Balaban J connectivity index is 2.32. The third-order valence-electron chi connectivity index (χ3n) is 3.05. The summed E-state index contributed by atoms with van der Waals surface area (Å²) >= 11 is 7.77. The number of aryl methyl sites for hydroxylation is 2. The molecule has 0 bridgehead atoms. The van der Waals surface area contributed by atoms with Gasteiger partial charge in [0.25, 0.3) is 0 Å². The van der Waals surface area contributed by atoms with Crippen LogP contribution >= 0.6 is 22.9 Å². The molecule has 1 atom stereocenters. The number of benzene rings is 1. The molecule has 0 amide bonds. The summed E-state index contributed by atoms with van der Waals surface area (Å²) in [6.07, 6.45) is 0.929. The van der Waals surface area contributed by atoms with Crippen molar-refractivity contribution in [1.29, 1.82) is 0 Å². The highest BCUT2D eigenvalue weighted by Gasteiger charge is 2.16. The molecule has 2 rings (SSSR count). The lowest BCUT2D eigenvalue weighted by Crippen LogP contribution is -2.11. The Morgan fingerprint density at radius 1 is 1.47 bits per heavy atom. The van der Waals surface area contributed by atoms with E-state index in [4.69, 9.17) is 22.1 Å². The molecule has 5 heteroatoms. The SMILES string of the molecule is CCc1nc(C(N)c2ccc(OC)c(Cl)c2)sc1C. The third kappa shape index (κ3) is 2.91. The Kier molecular flexibility index (Phi) is 4.45. The maximum Gasteiger partial charge on any atom is 0.137 e. The van der Waals surface area contributed by atoms with Gasteiger partial charge in [0.2, 0.25) is 0 Å². The van der Waals surface area contributed by atoms with Crippen molar-refractivity contribution in [3.63, 3.8) is 0 Å². The van der Waals surface area contributed by atoms with Gasteiger partial charge in [-0.25, -0.2) is 4.98 Å². The first kappa shape index (κ1) is 14.3. The molecule has 0 aliphatic heterocycles. The second-order valence-electron chi connectivity index (χ2n) is 4.28. The largest absolute Gasteiger partial charge is 0.495 e. The molecular weight excluding hydrogens is 280 g/mol. The van der Waals surface area contributed by atoms with Crippen molar-refractivity contribution in [2.45, 2.75) is 26.3 Å². The number of thiazole rings is 1. The molecule has 1 heterocycles. The molecule has 1 aromatic carbocycles. The van der Waals surface area contributed by atoms with Crippen LogP contribution in [-0.4, -0.2) is 12.1 Å².